The third-order valence-electron chi connectivity index (χ3n) is 2.83. The van der Waals surface area contributed by atoms with E-state index in [1.807, 2.05) is 5.01 Å². The molecule has 0 spiro atoms. The molecule has 0 unspecified atom stereocenters. The summed E-state index contributed by atoms with van der Waals surface area (Å²) in [5.41, 5.74) is 0. The first-order valence-electron chi connectivity index (χ1n) is 5.01. The highest BCUT2D eigenvalue weighted by Crippen LogP contribution is 2.13. The Morgan fingerprint density at radius 3 is 2.17 bits per heavy atom. The molecule has 0 bridgehead atoms. The number of piperidine rings is 1. The lowest BCUT2D eigenvalue weighted by atomic mass is 10.0. The van der Waals surface area contributed by atoms with Gasteiger partial charge in [0.15, 0.2) is 0 Å². The molecule has 1 saturated heterocycles. The Kier molecular flexibility index (Phi) is 3.98. The van der Waals surface area contributed by atoms with E-state index in [2.05, 4.69) is 18.7 Å². The molecule has 0 aromatic carbocycles. The second-order valence-electron chi connectivity index (χ2n) is 3.49. The molecule has 0 aromatic rings. The molecule has 3 heteroatoms. The lowest BCUT2D eigenvalue weighted by molar-refractivity contribution is 0.117. The van der Waals surface area contributed by atoms with Crippen LogP contribution in [0.4, 0.5) is 0 Å². The van der Waals surface area contributed by atoms with Gasteiger partial charge in [0.05, 0.1) is 0 Å². The van der Waals surface area contributed by atoms with Gasteiger partial charge in [-0.15, -0.1) is 0 Å². The minimum absolute atomic E-state index is 0.778. The van der Waals surface area contributed by atoms with Gasteiger partial charge in [0.2, 0.25) is 0 Å². The van der Waals surface area contributed by atoms with Gasteiger partial charge in [-0.25, -0.2) is 5.01 Å². The lowest BCUT2D eigenvalue weighted by Crippen LogP contribution is -2.47. The third-order valence-corrected chi connectivity index (χ3v) is 2.83. The Morgan fingerprint density at radius 1 is 1.25 bits per heavy atom. The summed E-state index contributed by atoms with van der Waals surface area (Å²) in [5, 5.41) is 1.93. The van der Waals surface area contributed by atoms with Gasteiger partial charge in [-0.3, -0.25) is 5.84 Å². The molecule has 1 aliphatic rings. The molecule has 1 rings (SSSR count). The van der Waals surface area contributed by atoms with Gasteiger partial charge in [-0.05, 0) is 25.9 Å². The Hall–Kier alpha value is -0.120. The highest BCUT2D eigenvalue weighted by Gasteiger charge is 2.20. The van der Waals surface area contributed by atoms with Crippen molar-refractivity contribution < 1.29 is 0 Å². The van der Waals surface area contributed by atoms with Crippen molar-refractivity contribution in [1.29, 1.82) is 0 Å². The standard InChI is InChI=1S/C9H21N3/c1-3-11(4-2)9-5-7-12(10)8-6-9/h9H,3-8,10H2,1-2H3. The van der Waals surface area contributed by atoms with Crippen molar-refractivity contribution in [2.75, 3.05) is 26.2 Å². The number of hydrogen-bond acceptors (Lipinski definition) is 3. The zero-order valence-electron chi connectivity index (χ0n) is 8.29. The van der Waals surface area contributed by atoms with Crippen molar-refractivity contribution in [3.63, 3.8) is 0 Å². The molecular formula is C9H21N3. The summed E-state index contributed by atoms with van der Waals surface area (Å²) >= 11 is 0. The van der Waals surface area contributed by atoms with Crippen LogP contribution < -0.4 is 5.84 Å². The van der Waals surface area contributed by atoms with E-state index in [0.717, 1.165) is 19.1 Å². The largest absolute Gasteiger partial charge is 0.301 e. The van der Waals surface area contributed by atoms with E-state index in [1.54, 1.807) is 0 Å². The maximum absolute atomic E-state index is 5.69. The number of hydrazine groups is 1. The third kappa shape index (κ3) is 2.44. The van der Waals surface area contributed by atoms with Gasteiger partial charge in [-0.2, -0.15) is 0 Å². The van der Waals surface area contributed by atoms with Gasteiger partial charge in [0.25, 0.3) is 0 Å². The van der Waals surface area contributed by atoms with Crippen LogP contribution in [-0.2, 0) is 0 Å². The highest BCUT2D eigenvalue weighted by atomic mass is 15.4. The van der Waals surface area contributed by atoms with Crippen molar-refractivity contribution in [3.05, 3.63) is 0 Å². The topological polar surface area (TPSA) is 32.5 Å². The maximum atomic E-state index is 5.69. The van der Waals surface area contributed by atoms with Crippen LogP contribution >= 0.6 is 0 Å². The van der Waals surface area contributed by atoms with Gasteiger partial charge < -0.3 is 4.90 Å². The second-order valence-corrected chi connectivity index (χ2v) is 3.49. The number of rotatable bonds is 3. The van der Waals surface area contributed by atoms with Crippen molar-refractivity contribution >= 4 is 0 Å². The summed E-state index contributed by atoms with van der Waals surface area (Å²) in [4.78, 5) is 2.53. The predicted octanol–water partition coefficient (Wildman–Crippen LogP) is 0.666. The summed E-state index contributed by atoms with van der Waals surface area (Å²) in [7, 11) is 0. The molecule has 0 aliphatic carbocycles. The molecule has 3 nitrogen and oxygen atoms in total. The van der Waals surface area contributed by atoms with Crippen LogP contribution in [0.5, 0.6) is 0 Å². The van der Waals surface area contributed by atoms with Gasteiger partial charge in [0, 0.05) is 19.1 Å². The number of nitrogens with zero attached hydrogens (tertiary/aromatic N) is 2. The van der Waals surface area contributed by atoms with Crippen molar-refractivity contribution in [2.24, 2.45) is 5.84 Å². The number of hydrogen-bond donors (Lipinski definition) is 1. The van der Waals surface area contributed by atoms with Crippen LogP contribution in [0.3, 0.4) is 0 Å². The Morgan fingerprint density at radius 2 is 1.75 bits per heavy atom. The molecule has 0 amide bonds. The summed E-state index contributed by atoms with van der Waals surface area (Å²) in [6.45, 7) is 8.93. The zero-order chi connectivity index (χ0) is 8.97. The molecule has 1 fully saturated rings. The van der Waals surface area contributed by atoms with Crippen molar-refractivity contribution in [2.45, 2.75) is 32.7 Å². The first kappa shape index (κ1) is 9.96. The molecule has 1 heterocycles. The van der Waals surface area contributed by atoms with Gasteiger partial charge in [0.1, 0.15) is 0 Å². The Balaban J connectivity index is 2.32. The minimum Gasteiger partial charge on any atom is -0.301 e. The minimum atomic E-state index is 0.778. The maximum Gasteiger partial charge on any atom is 0.0143 e. The van der Waals surface area contributed by atoms with E-state index < -0.39 is 0 Å². The molecule has 0 saturated carbocycles. The average Bonchev–Trinajstić information content (AvgIpc) is 2.10. The van der Waals surface area contributed by atoms with Crippen LogP contribution in [0, 0.1) is 0 Å². The second kappa shape index (κ2) is 4.80. The normalized spacial score (nSPS) is 22.0. The summed E-state index contributed by atoms with van der Waals surface area (Å²) in [5.74, 6) is 5.69. The average molecular weight is 171 g/mol. The van der Waals surface area contributed by atoms with E-state index in [9.17, 15) is 0 Å². The van der Waals surface area contributed by atoms with E-state index in [0.29, 0.717) is 0 Å². The van der Waals surface area contributed by atoms with E-state index in [1.165, 1.54) is 25.9 Å². The van der Waals surface area contributed by atoms with E-state index in [-0.39, 0.29) is 0 Å². The summed E-state index contributed by atoms with van der Waals surface area (Å²) in [6, 6.07) is 0.778. The Labute approximate surface area is 75.5 Å². The van der Waals surface area contributed by atoms with Crippen LogP contribution in [0.2, 0.25) is 0 Å². The lowest BCUT2D eigenvalue weighted by Gasteiger charge is -2.35. The molecule has 0 radical (unpaired) electrons. The fourth-order valence-electron chi connectivity index (χ4n) is 1.99. The van der Waals surface area contributed by atoms with Crippen molar-refractivity contribution in [1.82, 2.24) is 9.91 Å². The van der Waals surface area contributed by atoms with Gasteiger partial charge in [-0.1, -0.05) is 13.8 Å². The van der Waals surface area contributed by atoms with E-state index in [4.69, 9.17) is 5.84 Å². The fraction of sp³-hybridized carbons (Fsp3) is 1.00. The van der Waals surface area contributed by atoms with E-state index >= 15 is 0 Å². The Bertz CT molecular complexity index is 115. The molecule has 0 aromatic heterocycles. The zero-order valence-corrected chi connectivity index (χ0v) is 8.29. The monoisotopic (exact) mass is 171 g/mol. The summed E-state index contributed by atoms with van der Waals surface area (Å²) in [6.07, 6.45) is 2.47. The SMILES string of the molecule is CCN(CC)C1CCN(N)CC1. The first-order valence-corrected chi connectivity index (χ1v) is 5.01. The molecule has 2 N–H and O–H groups in total. The highest BCUT2D eigenvalue weighted by molar-refractivity contribution is 4.76. The van der Waals surface area contributed by atoms with Crippen LogP contribution in [0.1, 0.15) is 26.7 Å². The molecule has 0 atom stereocenters. The van der Waals surface area contributed by atoms with Crippen LogP contribution in [-0.4, -0.2) is 42.1 Å². The quantitative estimate of drug-likeness (QED) is 0.633. The van der Waals surface area contributed by atoms with Crippen LogP contribution in [0.15, 0.2) is 0 Å². The molecule has 72 valence electrons. The number of nitrogens with two attached hydrogens (primary N) is 1. The predicted molar refractivity (Wildman–Crippen MR) is 51.7 cm³/mol. The smallest absolute Gasteiger partial charge is 0.0143 e. The van der Waals surface area contributed by atoms with Crippen LogP contribution in [0.25, 0.3) is 0 Å². The molecule has 1 aliphatic heterocycles. The molecule has 12 heavy (non-hydrogen) atoms. The van der Waals surface area contributed by atoms with Gasteiger partial charge >= 0.3 is 0 Å². The fourth-order valence-corrected chi connectivity index (χ4v) is 1.99. The first-order chi connectivity index (χ1) is 5.77. The van der Waals surface area contributed by atoms with Crippen molar-refractivity contribution in [3.8, 4) is 0 Å². The molecular weight excluding hydrogens is 150 g/mol. The summed E-state index contributed by atoms with van der Waals surface area (Å²) < 4.78 is 0.